The van der Waals surface area contributed by atoms with E-state index in [0.717, 1.165) is 31.4 Å². The number of carbonyl (C=O) groups excluding carboxylic acids is 2. The third-order valence-corrected chi connectivity index (χ3v) is 7.10. The molecule has 0 bridgehead atoms. The first kappa shape index (κ1) is 22.5. The molecule has 2 aliphatic rings. The van der Waals surface area contributed by atoms with Crippen LogP contribution >= 0.6 is 11.3 Å². The number of hydrogen-bond donors (Lipinski definition) is 2. The van der Waals surface area contributed by atoms with Crippen LogP contribution in [0.25, 0.3) is 0 Å². The van der Waals surface area contributed by atoms with E-state index >= 15 is 0 Å². The molecule has 2 fully saturated rings. The van der Waals surface area contributed by atoms with Crippen molar-refractivity contribution >= 4 is 23.2 Å². The molecule has 2 amide bonds. The lowest BCUT2D eigenvalue weighted by atomic mass is 9.94. The lowest BCUT2D eigenvalue weighted by Crippen LogP contribution is -2.57. The number of carbonyl (C=O) groups is 2. The summed E-state index contributed by atoms with van der Waals surface area (Å²) in [7, 11) is 0. The van der Waals surface area contributed by atoms with Crippen molar-refractivity contribution in [1.82, 2.24) is 15.1 Å². The molecule has 1 unspecified atom stereocenters. The number of likely N-dealkylation sites (tertiary alicyclic amines) is 1. The van der Waals surface area contributed by atoms with Crippen molar-refractivity contribution in [3.05, 3.63) is 57.8 Å². The Morgan fingerprint density at radius 3 is 2.59 bits per heavy atom. The minimum absolute atomic E-state index is 0.0728. The molecule has 1 aromatic heterocycles. The van der Waals surface area contributed by atoms with Crippen LogP contribution in [-0.2, 0) is 11.3 Å². The molecule has 0 radical (unpaired) electrons. The molecule has 4 rings (SSSR count). The fraction of sp³-hybridized carbons (Fsp3) is 0.458. The zero-order valence-electron chi connectivity index (χ0n) is 18.1. The van der Waals surface area contributed by atoms with Crippen LogP contribution in [-0.4, -0.2) is 59.4 Å². The first-order valence-electron chi connectivity index (χ1n) is 11.2. The van der Waals surface area contributed by atoms with Gasteiger partial charge in [-0.15, -0.1) is 11.3 Å². The van der Waals surface area contributed by atoms with Crippen molar-refractivity contribution in [2.24, 2.45) is 5.73 Å². The maximum absolute atomic E-state index is 13.1. The lowest BCUT2D eigenvalue weighted by Gasteiger charge is -2.43. The summed E-state index contributed by atoms with van der Waals surface area (Å²) >= 11 is 1.41. The van der Waals surface area contributed by atoms with Gasteiger partial charge in [0, 0.05) is 38.3 Å². The fourth-order valence-electron chi connectivity index (χ4n) is 4.45. The fourth-order valence-corrected chi connectivity index (χ4v) is 5.13. The molecule has 8 heteroatoms. The Kier molecular flexibility index (Phi) is 7.20. The summed E-state index contributed by atoms with van der Waals surface area (Å²) < 4.78 is 0. The van der Waals surface area contributed by atoms with E-state index in [1.807, 2.05) is 41.8 Å². The van der Waals surface area contributed by atoms with Crippen molar-refractivity contribution < 1.29 is 9.59 Å². The Bertz CT molecular complexity index is 965. The summed E-state index contributed by atoms with van der Waals surface area (Å²) in [4.78, 5) is 31.0. The van der Waals surface area contributed by atoms with E-state index in [1.54, 1.807) is 4.90 Å². The van der Waals surface area contributed by atoms with E-state index < -0.39 is 6.04 Å². The monoisotopic (exact) mass is 451 g/mol. The second kappa shape index (κ2) is 10.3. The Hall–Kier alpha value is -2.73. The molecule has 1 aliphatic carbocycles. The van der Waals surface area contributed by atoms with Gasteiger partial charge in [-0.05, 0) is 54.8 Å². The third-order valence-electron chi connectivity index (χ3n) is 6.25. The first-order valence-corrected chi connectivity index (χ1v) is 12.1. The number of nitrogens with zero attached hydrogens (tertiary/aromatic N) is 3. The summed E-state index contributed by atoms with van der Waals surface area (Å²) in [5.74, 6) is -0.199. The quantitative estimate of drug-likeness (QED) is 0.641. The first-order chi connectivity index (χ1) is 15.6. The van der Waals surface area contributed by atoms with Gasteiger partial charge in [0.15, 0.2) is 0 Å². The number of nitrogens with two attached hydrogens (primary N) is 1. The predicted octanol–water partition coefficient (Wildman–Crippen LogP) is 2.33. The number of piperidine rings is 1. The highest BCUT2D eigenvalue weighted by molar-refractivity contribution is 7.12. The molecule has 0 spiro atoms. The molecule has 168 valence electrons. The molecule has 32 heavy (non-hydrogen) atoms. The van der Waals surface area contributed by atoms with Crippen molar-refractivity contribution in [3.63, 3.8) is 0 Å². The SMILES string of the molecule is N#Cc1ccc(CN(C2CC2)C2CCN(C(=O)c3cccs3)[C@@H](C(=O)NCCN)C2)cc1. The second-order valence-electron chi connectivity index (χ2n) is 8.46. The van der Waals surface area contributed by atoms with Gasteiger partial charge in [0.25, 0.3) is 5.91 Å². The normalized spacial score (nSPS) is 20.7. The molecule has 1 aromatic carbocycles. The van der Waals surface area contributed by atoms with E-state index in [4.69, 9.17) is 11.0 Å². The van der Waals surface area contributed by atoms with Gasteiger partial charge in [-0.2, -0.15) is 5.26 Å². The van der Waals surface area contributed by atoms with Gasteiger partial charge >= 0.3 is 0 Å². The van der Waals surface area contributed by atoms with Crippen LogP contribution in [0.2, 0.25) is 0 Å². The number of nitriles is 1. The van der Waals surface area contributed by atoms with Crippen molar-refractivity contribution in [2.45, 2.75) is 50.4 Å². The topological polar surface area (TPSA) is 102 Å². The van der Waals surface area contributed by atoms with E-state index in [9.17, 15) is 9.59 Å². The summed E-state index contributed by atoms with van der Waals surface area (Å²) in [6.07, 6.45) is 3.77. The highest BCUT2D eigenvalue weighted by atomic mass is 32.1. The van der Waals surface area contributed by atoms with E-state index in [-0.39, 0.29) is 17.9 Å². The Balaban J connectivity index is 1.51. The van der Waals surface area contributed by atoms with Crippen LogP contribution in [0.4, 0.5) is 0 Å². The van der Waals surface area contributed by atoms with Crippen molar-refractivity contribution in [2.75, 3.05) is 19.6 Å². The number of amides is 2. The molecule has 1 saturated carbocycles. The van der Waals surface area contributed by atoms with Gasteiger partial charge in [-0.3, -0.25) is 14.5 Å². The van der Waals surface area contributed by atoms with Gasteiger partial charge in [0.1, 0.15) is 6.04 Å². The van der Waals surface area contributed by atoms with Gasteiger partial charge in [0.2, 0.25) is 5.91 Å². The predicted molar refractivity (Wildman–Crippen MR) is 124 cm³/mol. The minimum atomic E-state index is -0.503. The van der Waals surface area contributed by atoms with Crippen LogP contribution in [0.15, 0.2) is 41.8 Å². The van der Waals surface area contributed by atoms with Gasteiger partial charge < -0.3 is 16.0 Å². The van der Waals surface area contributed by atoms with Crippen molar-refractivity contribution in [3.8, 4) is 6.07 Å². The summed E-state index contributed by atoms with van der Waals surface area (Å²) in [6.45, 7) is 2.11. The van der Waals surface area contributed by atoms with E-state index in [2.05, 4.69) is 16.3 Å². The van der Waals surface area contributed by atoms with Gasteiger partial charge in [0.05, 0.1) is 16.5 Å². The average Bonchev–Trinajstić information content (AvgIpc) is 3.52. The highest BCUT2D eigenvalue weighted by Gasteiger charge is 2.42. The summed E-state index contributed by atoms with van der Waals surface area (Å²) in [6, 6.07) is 13.8. The van der Waals surface area contributed by atoms with Gasteiger partial charge in [-0.1, -0.05) is 18.2 Å². The molecule has 1 saturated heterocycles. The Labute approximate surface area is 192 Å². The standard InChI is InChI=1S/C24H29N5O2S/c25-10-11-27-23(30)21-14-20(9-12-28(21)24(31)22-2-1-13-32-22)29(19-7-8-19)16-18-5-3-17(15-26)4-6-18/h1-6,13,19-21H,7-12,14,16,25H2,(H,27,30)/t20?,21-/m1/s1. The second-order valence-corrected chi connectivity index (χ2v) is 9.41. The number of benzene rings is 1. The van der Waals surface area contributed by atoms with E-state index in [0.29, 0.717) is 42.5 Å². The molecule has 2 aromatic rings. The number of thiophene rings is 1. The van der Waals surface area contributed by atoms with Crippen LogP contribution in [0.1, 0.15) is 46.5 Å². The van der Waals surface area contributed by atoms with Crippen LogP contribution in [0.5, 0.6) is 0 Å². The summed E-state index contributed by atoms with van der Waals surface area (Å²) in [5.41, 5.74) is 7.41. The highest BCUT2D eigenvalue weighted by Crippen LogP contribution is 2.35. The average molecular weight is 452 g/mol. The Morgan fingerprint density at radius 2 is 1.97 bits per heavy atom. The van der Waals surface area contributed by atoms with Gasteiger partial charge in [-0.25, -0.2) is 0 Å². The number of rotatable bonds is 8. The third kappa shape index (κ3) is 5.18. The molecule has 2 heterocycles. The zero-order chi connectivity index (χ0) is 22.5. The van der Waals surface area contributed by atoms with Crippen LogP contribution in [0, 0.1) is 11.3 Å². The largest absolute Gasteiger partial charge is 0.353 e. The van der Waals surface area contributed by atoms with Crippen molar-refractivity contribution in [1.29, 1.82) is 5.26 Å². The summed E-state index contributed by atoms with van der Waals surface area (Å²) in [5, 5.41) is 13.8. The molecule has 2 atom stereocenters. The molecule has 3 N–H and O–H groups in total. The van der Waals surface area contributed by atoms with E-state index in [1.165, 1.54) is 11.3 Å². The minimum Gasteiger partial charge on any atom is -0.353 e. The molecular formula is C24H29N5O2S. The molecular weight excluding hydrogens is 422 g/mol. The number of hydrogen-bond acceptors (Lipinski definition) is 6. The maximum atomic E-state index is 13.1. The maximum Gasteiger partial charge on any atom is 0.264 e. The van der Waals surface area contributed by atoms with Crippen LogP contribution in [0.3, 0.4) is 0 Å². The lowest BCUT2D eigenvalue weighted by molar-refractivity contribution is -0.127. The molecule has 1 aliphatic heterocycles. The van der Waals surface area contributed by atoms with Crippen LogP contribution < -0.4 is 11.1 Å². The number of nitrogens with one attached hydrogen (secondary N) is 1. The molecule has 7 nitrogen and oxygen atoms in total. The Morgan fingerprint density at radius 1 is 1.19 bits per heavy atom. The zero-order valence-corrected chi connectivity index (χ0v) is 18.9. The smallest absolute Gasteiger partial charge is 0.264 e.